The lowest BCUT2D eigenvalue weighted by Gasteiger charge is -2.13. The summed E-state index contributed by atoms with van der Waals surface area (Å²) in [6, 6.07) is 7.21. The third-order valence-corrected chi connectivity index (χ3v) is 3.66. The molecule has 0 aliphatic carbocycles. The Kier molecular flexibility index (Phi) is 5.21. The zero-order valence-electron chi connectivity index (χ0n) is 14.9. The van der Waals surface area contributed by atoms with Gasteiger partial charge in [-0.3, -0.25) is 4.79 Å². The molecule has 0 spiro atoms. The zero-order chi connectivity index (χ0) is 18.5. The van der Waals surface area contributed by atoms with E-state index in [1.165, 1.54) is 11.2 Å². The number of aromatic amines is 1. The van der Waals surface area contributed by atoms with Gasteiger partial charge in [-0.15, -0.1) is 0 Å². The number of imidazole rings is 1. The lowest BCUT2D eigenvalue weighted by atomic mass is 10.3. The van der Waals surface area contributed by atoms with Crippen LogP contribution in [0.1, 0.15) is 27.9 Å². The van der Waals surface area contributed by atoms with Gasteiger partial charge < -0.3 is 23.8 Å². The number of H-pyrrole nitrogens is 1. The first-order valence-corrected chi connectivity index (χ1v) is 8.02. The van der Waals surface area contributed by atoms with Crippen LogP contribution in [0.3, 0.4) is 0 Å². The second-order valence-electron chi connectivity index (χ2n) is 5.77. The molecule has 2 aromatic heterocycles. The number of rotatable bonds is 7. The minimum atomic E-state index is -0.254. The molecule has 1 N–H and O–H groups in total. The van der Waals surface area contributed by atoms with Crippen molar-refractivity contribution in [2.45, 2.75) is 20.1 Å². The minimum Gasteiger partial charge on any atom is -0.497 e. The van der Waals surface area contributed by atoms with Crippen LogP contribution in [0, 0.1) is 6.92 Å². The fourth-order valence-electron chi connectivity index (χ4n) is 2.35. The molecule has 0 saturated heterocycles. The van der Waals surface area contributed by atoms with E-state index in [4.69, 9.17) is 13.9 Å². The highest BCUT2D eigenvalue weighted by atomic mass is 16.5. The third-order valence-electron chi connectivity index (χ3n) is 3.66. The summed E-state index contributed by atoms with van der Waals surface area (Å²) in [6.07, 6.45) is 3.05. The van der Waals surface area contributed by atoms with Crippen LogP contribution >= 0.6 is 0 Å². The molecule has 136 valence electrons. The van der Waals surface area contributed by atoms with Crippen molar-refractivity contribution in [2.24, 2.45) is 0 Å². The predicted octanol–water partition coefficient (Wildman–Crippen LogP) is 2.57. The topological polar surface area (TPSA) is 93.5 Å². The summed E-state index contributed by atoms with van der Waals surface area (Å²) < 4.78 is 16.1. The number of hydrogen-bond acceptors (Lipinski definition) is 6. The third kappa shape index (κ3) is 4.21. The SMILES string of the molecule is COc1cccc(OCc2nc(C(=O)N(C)Cc3ncc(C)[nH]3)co2)c1. The number of amides is 1. The summed E-state index contributed by atoms with van der Waals surface area (Å²) in [5.41, 5.74) is 1.17. The maximum atomic E-state index is 12.4. The molecule has 2 heterocycles. The molecule has 0 fully saturated rings. The number of oxazole rings is 1. The molecule has 0 atom stereocenters. The van der Waals surface area contributed by atoms with E-state index in [-0.39, 0.29) is 18.2 Å². The summed E-state index contributed by atoms with van der Waals surface area (Å²) in [5.74, 6) is 2.10. The zero-order valence-corrected chi connectivity index (χ0v) is 14.9. The van der Waals surface area contributed by atoms with E-state index in [0.29, 0.717) is 29.8 Å². The highest BCUT2D eigenvalue weighted by molar-refractivity contribution is 5.91. The summed E-state index contributed by atoms with van der Waals surface area (Å²) in [7, 11) is 3.27. The number of methoxy groups -OCH3 is 1. The van der Waals surface area contributed by atoms with Gasteiger partial charge in [-0.05, 0) is 19.1 Å². The highest BCUT2D eigenvalue weighted by Crippen LogP contribution is 2.20. The van der Waals surface area contributed by atoms with Crippen molar-refractivity contribution in [3.63, 3.8) is 0 Å². The fourth-order valence-corrected chi connectivity index (χ4v) is 2.35. The maximum absolute atomic E-state index is 12.4. The largest absolute Gasteiger partial charge is 0.497 e. The number of nitrogens with one attached hydrogen (secondary N) is 1. The van der Waals surface area contributed by atoms with Crippen molar-refractivity contribution in [1.29, 1.82) is 0 Å². The van der Waals surface area contributed by atoms with Gasteiger partial charge in [-0.1, -0.05) is 6.07 Å². The Labute approximate surface area is 150 Å². The van der Waals surface area contributed by atoms with Crippen molar-refractivity contribution >= 4 is 5.91 Å². The van der Waals surface area contributed by atoms with Gasteiger partial charge >= 0.3 is 0 Å². The number of nitrogens with zero attached hydrogens (tertiary/aromatic N) is 3. The minimum absolute atomic E-state index is 0.113. The van der Waals surface area contributed by atoms with Crippen LogP contribution in [0.4, 0.5) is 0 Å². The van der Waals surface area contributed by atoms with Gasteiger partial charge in [-0.25, -0.2) is 9.97 Å². The normalized spacial score (nSPS) is 10.6. The van der Waals surface area contributed by atoms with Crippen LogP contribution < -0.4 is 9.47 Å². The van der Waals surface area contributed by atoms with Gasteiger partial charge in [0, 0.05) is 25.0 Å². The predicted molar refractivity (Wildman–Crippen MR) is 93.0 cm³/mol. The average Bonchev–Trinajstić information content (AvgIpc) is 3.28. The molecular formula is C18H20N4O4. The maximum Gasteiger partial charge on any atom is 0.275 e. The monoisotopic (exact) mass is 356 g/mol. The molecular weight excluding hydrogens is 336 g/mol. The molecule has 0 aliphatic heterocycles. The number of ether oxygens (including phenoxy) is 2. The molecule has 8 heteroatoms. The van der Waals surface area contributed by atoms with Crippen LogP contribution in [0.2, 0.25) is 0 Å². The van der Waals surface area contributed by atoms with E-state index in [9.17, 15) is 4.79 Å². The Morgan fingerprint density at radius 3 is 2.88 bits per heavy atom. The number of hydrogen-bond donors (Lipinski definition) is 1. The molecule has 3 rings (SSSR count). The Bertz CT molecular complexity index is 887. The second kappa shape index (κ2) is 7.73. The molecule has 0 unspecified atom stereocenters. The highest BCUT2D eigenvalue weighted by Gasteiger charge is 2.18. The molecule has 0 bridgehead atoms. The Balaban J connectivity index is 1.58. The van der Waals surface area contributed by atoms with Crippen molar-refractivity contribution in [3.05, 3.63) is 59.8 Å². The molecule has 1 amide bonds. The van der Waals surface area contributed by atoms with Crippen LogP contribution in [0.25, 0.3) is 0 Å². The molecule has 26 heavy (non-hydrogen) atoms. The summed E-state index contributed by atoms with van der Waals surface area (Å²) in [5, 5.41) is 0. The van der Waals surface area contributed by atoms with Crippen LogP contribution in [-0.2, 0) is 13.2 Å². The van der Waals surface area contributed by atoms with Crippen molar-refractivity contribution in [3.8, 4) is 11.5 Å². The standard InChI is InChI=1S/C18H20N4O4/c1-12-8-19-16(20-12)9-22(2)18(23)15-10-26-17(21-15)11-25-14-6-4-5-13(7-14)24-3/h4-8,10H,9,11H2,1-3H3,(H,19,20). The molecule has 0 radical (unpaired) electrons. The van der Waals surface area contributed by atoms with Gasteiger partial charge in [0.1, 0.15) is 23.6 Å². The van der Waals surface area contributed by atoms with E-state index in [2.05, 4.69) is 15.0 Å². The molecule has 0 saturated carbocycles. The molecule has 0 aliphatic rings. The van der Waals surface area contributed by atoms with Crippen molar-refractivity contribution < 1.29 is 18.7 Å². The van der Waals surface area contributed by atoms with Gasteiger partial charge in [-0.2, -0.15) is 0 Å². The summed E-state index contributed by atoms with van der Waals surface area (Å²) in [6.45, 7) is 2.38. The molecule has 1 aromatic carbocycles. The Morgan fingerprint density at radius 1 is 1.35 bits per heavy atom. The van der Waals surface area contributed by atoms with Crippen molar-refractivity contribution in [2.75, 3.05) is 14.2 Å². The van der Waals surface area contributed by atoms with Gasteiger partial charge in [0.05, 0.1) is 13.7 Å². The molecule has 8 nitrogen and oxygen atoms in total. The first-order valence-electron chi connectivity index (χ1n) is 8.02. The second-order valence-corrected chi connectivity index (χ2v) is 5.77. The quantitative estimate of drug-likeness (QED) is 0.699. The molecule has 3 aromatic rings. The summed E-state index contributed by atoms with van der Waals surface area (Å²) in [4.78, 5) is 25.4. The lowest BCUT2D eigenvalue weighted by Crippen LogP contribution is -2.27. The lowest BCUT2D eigenvalue weighted by molar-refractivity contribution is 0.0776. The number of aromatic nitrogens is 3. The van der Waals surface area contributed by atoms with Gasteiger partial charge in [0.25, 0.3) is 5.91 Å². The van der Waals surface area contributed by atoms with E-state index in [0.717, 1.165) is 5.69 Å². The smallest absolute Gasteiger partial charge is 0.275 e. The number of benzene rings is 1. The van der Waals surface area contributed by atoms with E-state index >= 15 is 0 Å². The fraction of sp³-hybridized carbons (Fsp3) is 0.278. The van der Waals surface area contributed by atoms with E-state index in [1.807, 2.05) is 19.1 Å². The Hall–Kier alpha value is -3.29. The average molecular weight is 356 g/mol. The number of carbonyl (C=O) groups excluding carboxylic acids is 1. The Morgan fingerprint density at radius 2 is 2.15 bits per heavy atom. The van der Waals surface area contributed by atoms with Crippen LogP contribution in [0.15, 0.2) is 41.1 Å². The van der Waals surface area contributed by atoms with Crippen LogP contribution in [-0.4, -0.2) is 39.9 Å². The van der Waals surface area contributed by atoms with Gasteiger partial charge in [0.2, 0.25) is 5.89 Å². The van der Waals surface area contributed by atoms with Gasteiger partial charge in [0.15, 0.2) is 12.3 Å². The van der Waals surface area contributed by atoms with Crippen molar-refractivity contribution in [1.82, 2.24) is 19.9 Å². The van der Waals surface area contributed by atoms with E-state index < -0.39 is 0 Å². The summed E-state index contributed by atoms with van der Waals surface area (Å²) >= 11 is 0. The number of carbonyl (C=O) groups is 1. The first kappa shape index (κ1) is 17.5. The number of aryl methyl sites for hydroxylation is 1. The van der Waals surface area contributed by atoms with E-state index in [1.54, 1.807) is 32.5 Å². The first-order chi connectivity index (χ1) is 12.5. The van der Waals surface area contributed by atoms with Crippen LogP contribution in [0.5, 0.6) is 11.5 Å².